The van der Waals surface area contributed by atoms with E-state index in [1.807, 2.05) is 0 Å². The van der Waals surface area contributed by atoms with Crippen molar-refractivity contribution in [2.75, 3.05) is 13.7 Å². The largest absolute Gasteiger partial charge is 0.493 e. The molecule has 1 N–H and O–H groups in total. The molecule has 0 aliphatic rings. The number of benzene rings is 1. The van der Waals surface area contributed by atoms with Crippen molar-refractivity contribution in [3.63, 3.8) is 0 Å². The monoisotopic (exact) mass is 232 g/mol. The van der Waals surface area contributed by atoms with Crippen LogP contribution in [-0.2, 0) is 4.79 Å². The molecule has 0 aliphatic heterocycles. The van der Waals surface area contributed by atoms with Crippen molar-refractivity contribution in [1.82, 2.24) is 0 Å². The van der Waals surface area contributed by atoms with Crippen LogP contribution in [0.5, 0.6) is 11.5 Å². The molecule has 1 rings (SSSR count). The zero-order valence-corrected chi connectivity index (χ0v) is 9.34. The van der Waals surface area contributed by atoms with Gasteiger partial charge in [0.1, 0.15) is 6.61 Å². The highest BCUT2D eigenvalue weighted by atomic mass is 16.5. The van der Waals surface area contributed by atoms with Gasteiger partial charge in [-0.05, 0) is 23.8 Å². The minimum atomic E-state index is -1.00. The van der Waals surface area contributed by atoms with Crippen LogP contribution >= 0.6 is 0 Å². The van der Waals surface area contributed by atoms with E-state index in [2.05, 4.69) is 5.92 Å². The number of aliphatic carboxylic acids is 1. The second-order valence-corrected chi connectivity index (χ2v) is 3.07. The Morgan fingerprint density at radius 1 is 1.53 bits per heavy atom. The van der Waals surface area contributed by atoms with Crippen LogP contribution in [0.25, 0.3) is 6.08 Å². The molecular weight excluding hydrogens is 220 g/mol. The van der Waals surface area contributed by atoms with Gasteiger partial charge in [0.2, 0.25) is 0 Å². The van der Waals surface area contributed by atoms with E-state index in [1.54, 1.807) is 18.2 Å². The lowest BCUT2D eigenvalue weighted by atomic mass is 10.2. The first kappa shape index (κ1) is 12.7. The lowest BCUT2D eigenvalue weighted by Gasteiger charge is -2.09. The number of rotatable bonds is 5. The van der Waals surface area contributed by atoms with E-state index in [4.69, 9.17) is 21.0 Å². The molecule has 0 saturated heterocycles. The third kappa shape index (κ3) is 3.92. The first-order valence-electron chi connectivity index (χ1n) is 4.82. The van der Waals surface area contributed by atoms with E-state index in [9.17, 15) is 4.79 Å². The predicted molar refractivity (Wildman–Crippen MR) is 64.0 cm³/mol. The van der Waals surface area contributed by atoms with Gasteiger partial charge in [-0.3, -0.25) is 0 Å². The molecule has 0 bridgehead atoms. The molecule has 0 aliphatic carbocycles. The molecule has 0 aromatic heterocycles. The SMILES string of the molecule is C#CCOc1ccc(/C=C/C(=O)O)cc1OC. The fourth-order valence-electron chi connectivity index (χ4n) is 1.19. The topological polar surface area (TPSA) is 55.8 Å². The Labute approximate surface area is 99.5 Å². The minimum absolute atomic E-state index is 0.153. The highest BCUT2D eigenvalue weighted by Crippen LogP contribution is 2.28. The Bertz CT molecular complexity index is 469. The summed E-state index contributed by atoms with van der Waals surface area (Å²) in [5.74, 6) is 2.38. The molecule has 4 heteroatoms. The smallest absolute Gasteiger partial charge is 0.328 e. The van der Waals surface area contributed by atoms with Crippen molar-refractivity contribution in [3.05, 3.63) is 29.8 Å². The quantitative estimate of drug-likeness (QED) is 0.621. The summed E-state index contributed by atoms with van der Waals surface area (Å²) in [6.45, 7) is 0.153. The van der Waals surface area contributed by atoms with E-state index in [0.717, 1.165) is 6.08 Å². The van der Waals surface area contributed by atoms with Crippen LogP contribution in [0.4, 0.5) is 0 Å². The highest BCUT2D eigenvalue weighted by Gasteiger charge is 2.04. The maximum atomic E-state index is 10.4. The molecule has 17 heavy (non-hydrogen) atoms. The number of ether oxygens (including phenoxy) is 2. The van der Waals surface area contributed by atoms with Crippen LogP contribution in [-0.4, -0.2) is 24.8 Å². The first-order valence-corrected chi connectivity index (χ1v) is 4.82. The lowest BCUT2D eigenvalue weighted by Crippen LogP contribution is -1.96. The lowest BCUT2D eigenvalue weighted by molar-refractivity contribution is -0.131. The van der Waals surface area contributed by atoms with Crippen LogP contribution < -0.4 is 9.47 Å². The fourth-order valence-corrected chi connectivity index (χ4v) is 1.19. The van der Waals surface area contributed by atoms with Gasteiger partial charge in [0.05, 0.1) is 7.11 Å². The zero-order chi connectivity index (χ0) is 12.7. The number of hydrogen-bond acceptors (Lipinski definition) is 3. The second kappa shape index (κ2) is 6.23. The fraction of sp³-hybridized carbons (Fsp3) is 0.154. The van der Waals surface area contributed by atoms with Crippen molar-refractivity contribution in [2.45, 2.75) is 0 Å². The molecule has 0 fully saturated rings. The second-order valence-electron chi connectivity index (χ2n) is 3.07. The first-order chi connectivity index (χ1) is 8.17. The molecule has 1 aromatic carbocycles. The molecule has 1 aromatic rings. The average Bonchev–Trinajstić information content (AvgIpc) is 2.34. The predicted octanol–water partition coefficient (Wildman–Crippen LogP) is 1.81. The number of methoxy groups -OCH3 is 1. The van der Waals surface area contributed by atoms with Gasteiger partial charge in [-0.1, -0.05) is 12.0 Å². The zero-order valence-electron chi connectivity index (χ0n) is 9.34. The van der Waals surface area contributed by atoms with E-state index in [-0.39, 0.29) is 6.61 Å². The van der Waals surface area contributed by atoms with Gasteiger partial charge in [-0.25, -0.2) is 4.79 Å². The number of terminal acetylenes is 1. The molecular formula is C13H12O4. The van der Waals surface area contributed by atoms with Crippen molar-refractivity contribution >= 4 is 12.0 Å². The van der Waals surface area contributed by atoms with E-state index in [0.29, 0.717) is 17.1 Å². The molecule has 0 amide bonds. The van der Waals surface area contributed by atoms with Crippen molar-refractivity contribution < 1.29 is 19.4 Å². The van der Waals surface area contributed by atoms with Gasteiger partial charge in [0.15, 0.2) is 11.5 Å². The molecule has 0 unspecified atom stereocenters. The van der Waals surface area contributed by atoms with Gasteiger partial charge in [0, 0.05) is 6.08 Å². The summed E-state index contributed by atoms with van der Waals surface area (Å²) in [6, 6.07) is 5.07. The highest BCUT2D eigenvalue weighted by molar-refractivity contribution is 5.85. The Balaban J connectivity index is 2.92. The molecule has 4 nitrogen and oxygen atoms in total. The number of carboxylic acid groups (broad SMARTS) is 1. The summed E-state index contributed by atoms with van der Waals surface area (Å²) >= 11 is 0. The van der Waals surface area contributed by atoms with Crippen LogP contribution in [0.15, 0.2) is 24.3 Å². The van der Waals surface area contributed by atoms with Crippen LogP contribution in [0.1, 0.15) is 5.56 Å². The van der Waals surface area contributed by atoms with Crippen LogP contribution in [0, 0.1) is 12.3 Å². The van der Waals surface area contributed by atoms with E-state index < -0.39 is 5.97 Å². The third-order valence-electron chi connectivity index (χ3n) is 1.92. The van der Waals surface area contributed by atoms with E-state index >= 15 is 0 Å². The van der Waals surface area contributed by atoms with Gasteiger partial charge < -0.3 is 14.6 Å². The standard InChI is InChI=1S/C13H12O4/c1-3-8-17-11-6-4-10(5-7-13(14)15)9-12(11)16-2/h1,4-7,9H,8H2,2H3,(H,14,15)/b7-5+. The Kier molecular flexibility index (Phi) is 4.64. The molecule has 0 saturated carbocycles. The number of carboxylic acids is 1. The Morgan fingerprint density at radius 3 is 2.88 bits per heavy atom. The van der Waals surface area contributed by atoms with Gasteiger partial charge in [0.25, 0.3) is 0 Å². The van der Waals surface area contributed by atoms with Crippen LogP contribution in [0.2, 0.25) is 0 Å². The maximum absolute atomic E-state index is 10.4. The molecule has 0 atom stereocenters. The summed E-state index contributed by atoms with van der Waals surface area (Å²) in [4.78, 5) is 10.4. The molecule has 0 spiro atoms. The summed E-state index contributed by atoms with van der Waals surface area (Å²) in [5.41, 5.74) is 0.706. The molecule has 88 valence electrons. The van der Waals surface area contributed by atoms with Gasteiger partial charge in [-0.15, -0.1) is 6.42 Å². The summed E-state index contributed by atoms with van der Waals surface area (Å²) < 4.78 is 10.4. The summed E-state index contributed by atoms with van der Waals surface area (Å²) in [5, 5.41) is 8.51. The minimum Gasteiger partial charge on any atom is -0.493 e. The van der Waals surface area contributed by atoms with Crippen LogP contribution in [0.3, 0.4) is 0 Å². The Hall–Kier alpha value is -2.41. The normalized spacial score (nSPS) is 9.88. The van der Waals surface area contributed by atoms with E-state index in [1.165, 1.54) is 13.2 Å². The number of hydrogen-bond donors (Lipinski definition) is 1. The summed E-state index contributed by atoms with van der Waals surface area (Å²) in [6.07, 6.45) is 7.61. The summed E-state index contributed by atoms with van der Waals surface area (Å²) in [7, 11) is 1.50. The molecule has 0 radical (unpaired) electrons. The third-order valence-corrected chi connectivity index (χ3v) is 1.92. The molecule has 0 heterocycles. The van der Waals surface area contributed by atoms with Crippen molar-refractivity contribution in [2.24, 2.45) is 0 Å². The van der Waals surface area contributed by atoms with Crippen molar-refractivity contribution in [1.29, 1.82) is 0 Å². The van der Waals surface area contributed by atoms with Crippen molar-refractivity contribution in [3.8, 4) is 23.8 Å². The van der Waals surface area contributed by atoms with Gasteiger partial charge in [-0.2, -0.15) is 0 Å². The van der Waals surface area contributed by atoms with Gasteiger partial charge >= 0.3 is 5.97 Å². The average molecular weight is 232 g/mol. The Morgan fingerprint density at radius 2 is 2.29 bits per heavy atom. The maximum Gasteiger partial charge on any atom is 0.328 e. The number of carbonyl (C=O) groups is 1.